The van der Waals surface area contributed by atoms with Gasteiger partial charge in [0.15, 0.2) is 0 Å². The molecule has 0 heterocycles. The number of carbonyl (C=O) groups is 3. The average Bonchev–Trinajstić information content (AvgIpc) is 2.25. The van der Waals surface area contributed by atoms with Gasteiger partial charge in [-0.05, 0) is 6.92 Å². The molecular weight excluding hydrogens is 277 g/mol. The molecule has 0 rings (SSSR count). The molecule has 2 unspecified atom stereocenters. The highest BCUT2D eigenvalue weighted by Gasteiger charge is 2.30. The summed E-state index contributed by atoms with van der Waals surface area (Å²) in [6.07, 6.45) is -1.27. The Morgan fingerprint density at radius 2 is 1.95 bits per heavy atom. The zero-order chi connectivity index (χ0) is 15.1. The summed E-state index contributed by atoms with van der Waals surface area (Å²) < 4.78 is 16.3. The monoisotopic (exact) mass is 295 g/mol. The van der Waals surface area contributed by atoms with Crippen LogP contribution in [-0.4, -0.2) is 52.8 Å². The summed E-state index contributed by atoms with van der Waals surface area (Å²) in [6, 6.07) is -1.45. The molecule has 0 bridgehead atoms. The molecule has 0 aromatic heterocycles. The third-order valence-corrected chi connectivity index (χ3v) is 3.97. The van der Waals surface area contributed by atoms with Crippen molar-refractivity contribution in [1.29, 1.82) is 0 Å². The van der Waals surface area contributed by atoms with Gasteiger partial charge in [0.2, 0.25) is 13.3 Å². The summed E-state index contributed by atoms with van der Waals surface area (Å²) in [5, 5.41) is 10.9. The second-order valence-electron chi connectivity index (χ2n) is 3.90. The van der Waals surface area contributed by atoms with E-state index in [4.69, 9.17) is 5.11 Å². The highest BCUT2D eigenvalue weighted by Crippen LogP contribution is 2.41. The van der Waals surface area contributed by atoms with Crippen LogP contribution in [0.25, 0.3) is 0 Å². The zero-order valence-electron chi connectivity index (χ0n) is 10.8. The lowest BCUT2D eigenvalue weighted by molar-refractivity contribution is -0.142. The largest absolute Gasteiger partial charge is 0.480 e. The van der Waals surface area contributed by atoms with Gasteiger partial charge in [-0.3, -0.25) is 14.2 Å². The Labute approximate surface area is 110 Å². The number of carboxylic acid groups (broad SMARTS) is 1. The molecule has 0 aliphatic carbocycles. The van der Waals surface area contributed by atoms with Gasteiger partial charge in [0, 0.05) is 13.1 Å². The summed E-state index contributed by atoms with van der Waals surface area (Å²) >= 11 is 0. The van der Waals surface area contributed by atoms with Crippen LogP contribution < -0.4 is 5.32 Å². The number of carboxylic acids is 1. The molecule has 1 amide bonds. The van der Waals surface area contributed by atoms with E-state index in [1.54, 1.807) is 6.92 Å². The molecular formula is C10H18NO7P. The van der Waals surface area contributed by atoms with Crippen LogP contribution in [0.5, 0.6) is 0 Å². The van der Waals surface area contributed by atoms with Gasteiger partial charge in [0.05, 0.1) is 19.2 Å². The zero-order valence-corrected chi connectivity index (χ0v) is 11.7. The first kappa shape index (κ1) is 17.6. The van der Waals surface area contributed by atoms with Gasteiger partial charge in [-0.1, -0.05) is 0 Å². The molecule has 0 saturated heterocycles. The predicted octanol–water partition coefficient (Wildman–Crippen LogP) is -0.201. The van der Waals surface area contributed by atoms with Gasteiger partial charge in [-0.15, -0.1) is 0 Å². The topological polar surface area (TPSA) is 130 Å². The maximum Gasteiger partial charge on any atom is 0.326 e. The van der Waals surface area contributed by atoms with Crippen LogP contribution in [0.2, 0.25) is 0 Å². The smallest absolute Gasteiger partial charge is 0.326 e. The molecule has 110 valence electrons. The standard InChI is InChI=1S/C10H18NO7P/c1-3-18-9(13)4-5-19(16,17)6-8(10(14)15)11-7(2)12/h8H,3-6H2,1-2H3,(H,11,12)(H,14,15)(H,16,17). The van der Waals surface area contributed by atoms with E-state index in [2.05, 4.69) is 10.1 Å². The van der Waals surface area contributed by atoms with Crippen molar-refractivity contribution < 1.29 is 33.7 Å². The van der Waals surface area contributed by atoms with Crippen molar-refractivity contribution in [3.63, 3.8) is 0 Å². The molecule has 8 nitrogen and oxygen atoms in total. The Morgan fingerprint density at radius 3 is 2.37 bits per heavy atom. The van der Waals surface area contributed by atoms with Crippen LogP contribution in [0.3, 0.4) is 0 Å². The molecule has 0 aliphatic heterocycles. The predicted molar refractivity (Wildman–Crippen MR) is 66.0 cm³/mol. The van der Waals surface area contributed by atoms with Crippen LogP contribution in [0, 0.1) is 0 Å². The van der Waals surface area contributed by atoms with E-state index in [-0.39, 0.29) is 19.2 Å². The molecule has 0 saturated carbocycles. The van der Waals surface area contributed by atoms with Crippen LogP contribution in [0.15, 0.2) is 0 Å². The quantitative estimate of drug-likeness (QED) is 0.417. The third-order valence-electron chi connectivity index (χ3n) is 2.11. The normalized spacial score (nSPS) is 15.1. The lowest BCUT2D eigenvalue weighted by Gasteiger charge is -2.17. The second kappa shape index (κ2) is 7.91. The minimum absolute atomic E-state index is 0.165. The highest BCUT2D eigenvalue weighted by molar-refractivity contribution is 7.58. The Hall–Kier alpha value is -1.40. The Bertz CT molecular complexity index is 395. The van der Waals surface area contributed by atoms with E-state index in [1.165, 1.54) is 0 Å². The fourth-order valence-corrected chi connectivity index (χ4v) is 2.84. The number of rotatable bonds is 8. The summed E-state index contributed by atoms with van der Waals surface area (Å²) in [7, 11) is -3.83. The molecule has 0 spiro atoms. The fourth-order valence-electron chi connectivity index (χ4n) is 1.31. The van der Waals surface area contributed by atoms with Crippen molar-refractivity contribution >= 4 is 25.2 Å². The van der Waals surface area contributed by atoms with Crippen molar-refractivity contribution in [2.45, 2.75) is 26.3 Å². The molecule has 9 heteroatoms. The Kier molecular flexibility index (Phi) is 7.33. The van der Waals surface area contributed by atoms with E-state index < -0.39 is 37.4 Å². The first-order valence-corrected chi connectivity index (χ1v) is 7.67. The summed E-state index contributed by atoms with van der Waals surface area (Å²) in [4.78, 5) is 42.2. The number of amides is 1. The minimum atomic E-state index is -3.83. The number of aliphatic carboxylic acids is 1. The summed E-state index contributed by atoms with van der Waals surface area (Å²) in [5.41, 5.74) is 0. The SMILES string of the molecule is CCOC(=O)CCP(=O)(O)CC(NC(C)=O)C(=O)O. The van der Waals surface area contributed by atoms with Gasteiger partial charge in [0.1, 0.15) is 6.04 Å². The Morgan fingerprint density at radius 1 is 1.37 bits per heavy atom. The van der Waals surface area contributed by atoms with Gasteiger partial charge in [0.25, 0.3) is 0 Å². The number of ether oxygens (including phenoxy) is 1. The maximum atomic E-state index is 11.8. The van der Waals surface area contributed by atoms with Crippen LogP contribution >= 0.6 is 7.37 Å². The van der Waals surface area contributed by atoms with Gasteiger partial charge in [-0.2, -0.15) is 0 Å². The van der Waals surface area contributed by atoms with Crippen LogP contribution in [-0.2, 0) is 23.7 Å². The number of esters is 1. The van der Waals surface area contributed by atoms with Crippen molar-refractivity contribution in [2.24, 2.45) is 0 Å². The molecule has 0 aromatic carbocycles. The molecule has 0 radical (unpaired) electrons. The number of hydrogen-bond donors (Lipinski definition) is 3. The maximum absolute atomic E-state index is 11.8. The van der Waals surface area contributed by atoms with Crippen LogP contribution in [0.4, 0.5) is 0 Å². The summed E-state index contributed by atoms with van der Waals surface area (Å²) in [6.45, 7) is 2.88. The molecule has 0 aromatic rings. The molecule has 2 atom stereocenters. The number of hydrogen-bond acceptors (Lipinski definition) is 5. The van der Waals surface area contributed by atoms with E-state index in [0.717, 1.165) is 6.92 Å². The van der Waals surface area contributed by atoms with Crippen molar-refractivity contribution in [2.75, 3.05) is 18.9 Å². The Balaban J connectivity index is 4.46. The van der Waals surface area contributed by atoms with E-state index in [1.807, 2.05) is 0 Å². The summed E-state index contributed by atoms with van der Waals surface area (Å²) in [5.74, 6) is -2.64. The highest BCUT2D eigenvalue weighted by atomic mass is 31.2. The number of nitrogens with one attached hydrogen (secondary N) is 1. The lowest BCUT2D eigenvalue weighted by Crippen LogP contribution is -2.42. The lowest BCUT2D eigenvalue weighted by atomic mass is 10.3. The third kappa shape index (κ3) is 8.34. The first-order valence-electron chi connectivity index (χ1n) is 5.64. The minimum Gasteiger partial charge on any atom is -0.480 e. The fraction of sp³-hybridized carbons (Fsp3) is 0.700. The van der Waals surface area contributed by atoms with Gasteiger partial charge < -0.3 is 20.1 Å². The van der Waals surface area contributed by atoms with Gasteiger partial charge in [-0.25, -0.2) is 4.79 Å². The van der Waals surface area contributed by atoms with Gasteiger partial charge >= 0.3 is 11.9 Å². The van der Waals surface area contributed by atoms with E-state index in [9.17, 15) is 23.8 Å². The van der Waals surface area contributed by atoms with E-state index >= 15 is 0 Å². The first-order chi connectivity index (χ1) is 8.68. The second-order valence-corrected chi connectivity index (χ2v) is 6.40. The average molecular weight is 295 g/mol. The van der Waals surface area contributed by atoms with E-state index in [0.29, 0.717) is 0 Å². The van der Waals surface area contributed by atoms with Crippen molar-refractivity contribution in [3.05, 3.63) is 0 Å². The van der Waals surface area contributed by atoms with Crippen molar-refractivity contribution in [3.8, 4) is 0 Å². The molecule has 3 N–H and O–H groups in total. The number of carbonyl (C=O) groups excluding carboxylic acids is 2. The molecule has 0 aliphatic rings. The molecule has 19 heavy (non-hydrogen) atoms. The molecule has 0 fully saturated rings. The van der Waals surface area contributed by atoms with Crippen molar-refractivity contribution in [1.82, 2.24) is 5.32 Å². The van der Waals surface area contributed by atoms with Crippen LogP contribution in [0.1, 0.15) is 20.3 Å².